The van der Waals surface area contributed by atoms with Gasteiger partial charge in [0, 0.05) is 76.3 Å². The van der Waals surface area contributed by atoms with E-state index in [4.69, 9.17) is 75.8 Å². The summed E-state index contributed by atoms with van der Waals surface area (Å²) in [4.78, 5) is 124. The van der Waals surface area contributed by atoms with E-state index < -0.39 is 172 Å². The molecular weight excluding hydrogens is 884 g/mol. The maximum atomic E-state index is 12.8. The Balaban J connectivity index is 2.19. The summed E-state index contributed by atoms with van der Waals surface area (Å²) in [5.41, 5.74) is 0. The van der Waals surface area contributed by atoms with Gasteiger partial charge < -0.3 is 75.8 Å². The van der Waals surface area contributed by atoms with Crippen molar-refractivity contribution < 1.29 is 124 Å². The summed E-state index contributed by atoms with van der Waals surface area (Å²) < 4.78 is 90.5. The SMILES string of the molecule is CO[C@H]1O[C@H](CO[C@H]2O[C@H](COC(C)=O)[C@@H](OC(C)=O)[C@H](OC(C)=O)[C@@H]2OC(C)=O)[C@@H](OC(C)=O)[C@H](O[C@H]2O[C@H](COC(C)=O)[C@@H](OC(C)=O)[C@H](OC(C)=O)[C@@H]2OC(C)=O)[C@@H]1OC(C)=O. The predicted molar refractivity (Wildman–Crippen MR) is 202 cm³/mol. The molecular formula is C39H54O26. The lowest BCUT2D eigenvalue weighted by molar-refractivity contribution is -0.365. The third-order valence-corrected chi connectivity index (χ3v) is 9.04. The first-order valence-corrected chi connectivity index (χ1v) is 19.8. The van der Waals surface area contributed by atoms with Crippen LogP contribution in [0.3, 0.4) is 0 Å². The van der Waals surface area contributed by atoms with Gasteiger partial charge in [-0.05, 0) is 0 Å². The summed E-state index contributed by atoms with van der Waals surface area (Å²) in [6.07, 6.45) is -25.1. The Bertz CT molecular complexity index is 1750. The van der Waals surface area contributed by atoms with Crippen LogP contribution in [0.25, 0.3) is 0 Å². The zero-order valence-electron chi connectivity index (χ0n) is 37.4. The number of ether oxygens (including phenoxy) is 16. The molecule has 0 amide bonds. The largest absolute Gasteiger partial charge is 0.463 e. The van der Waals surface area contributed by atoms with Gasteiger partial charge in [-0.25, -0.2) is 0 Å². The smallest absolute Gasteiger partial charge is 0.303 e. The Kier molecular flexibility index (Phi) is 20.4. The van der Waals surface area contributed by atoms with E-state index in [9.17, 15) is 47.9 Å². The molecule has 26 heteroatoms. The minimum Gasteiger partial charge on any atom is -0.463 e. The minimum absolute atomic E-state index is 0.602. The highest BCUT2D eigenvalue weighted by Crippen LogP contribution is 2.37. The van der Waals surface area contributed by atoms with Gasteiger partial charge in [0.1, 0.15) is 37.6 Å². The van der Waals surface area contributed by atoms with Crippen LogP contribution in [0.2, 0.25) is 0 Å². The number of carbonyl (C=O) groups is 10. The molecule has 3 rings (SSSR count). The zero-order valence-corrected chi connectivity index (χ0v) is 37.4. The van der Waals surface area contributed by atoms with Crippen LogP contribution in [-0.2, 0) is 124 Å². The number of hydrogen-bond donors (Lipinski definition) is 0. The van der Waals surface area contributed by atoms with E-state index in [0.717, 1.165) is 76.3 Å². The Morgan fingerprint density at radius 2 is 0.600 bits per heavy atom. The standard InChI is InChI=1S/C39H54O26/c1-15(40)51-12-25-28(54-17(3)42)31(57-20(6)45)35(60-23(9)48)38(63-25)53-14-27-30(56-19(5)44)33(34(59-22(8)47)37(50-11)62-27)65-39-36(61-24(10)49)32(58-21(7)46)29(55-18(4)43)26(64-39)13-52-16(2)41/h25-39H,12-14H2,1-11H3/t25-,26-,27-,28-,29-,30-,31+,32+,33+,34+,35+,36+,37+,38+,39-/m1/s1. The van der Waals surface area contributed by atoms with E-state index in [-0.39, 0.29) is 0 Å². The third-order valence-electron chi connectivity index (χ3n) is 9.04. The molecule has 0 bridgehead atoms. The second-order valence-corrected chi connectivity index (χ2v) is 14.5. The van der Waals surface area contributed by atoms with E-state index in [1.165, 1.54) is 0 Å². The van der Waals surface area contributed by atoms with Crippen LogP contribution in [0.5, 0.6) is 0 Å². The molecule has 0 aromatic heterocycles. The lowest BCUT2D eigenvalue weighted by atomic mass is 9.95. The van der Waals surface area contributed by atoms with Crippen molar-refractivity contribution in [3.05, 3.63) is 0 Å². The second-order valence-electron chi connectivity index (χ2n) is 14.5. The highest BCUT2D eigenvalue weighted by atomic mass is 16.8. The molecule has 3 saturated heterocycles. The maximum Gasteiger partial charge on any atom is 0.303 e. The van der Waals surface area contributed by atoms with Crippen molar-refractivity contribution in [2.45, 2.75) is 161 Å². The van der Waals surface area contributed by atoms with Crippen molar-refractivity contribution in [3.8, 4) is 0 Å². The van der Waals surface area contributed by atoms with Gasteiger partial charge in [0.2, 0.25) is 0 Å². The van der Waals surface area contributed by atoms with Crippen LogP contribution in [-0.4, -0.2) is 179 Å². The minimum atomic E-state index is -1.94. The molecule has 65 heavy (non-hydrogen) atoms. The van der Waals surface area contributed by atoms with Crippen molar-refractivity contribution in [2.75, 3.05) is 26.9 Å². The van der Waals surface area contributed by atoms with Crippen molar-refractivity contribution in [3.63, 3.8) is 0 Å². The number of rotatable bonds is 18. The normalized spacial score (nSPS) is 32.0. The van der Waals surface area contributed by atoms with Crippen molar-refractivity contribution in [2.24, 2.45) is 0 Å². The molecule has 366 valence electrons. The van der Waals surface area contributed by atoms with E-state index in [1.807, 2.05) is 0 Å². The highest BCUT2D eigenvalue weighted by molar-refractivity contribution is 5.70. The fourth-order valence-corrected chi connectivity index (χ4v) is 6.97. The Morgan fingerprint density at radius 1 is 0.323 bits per heavy atom. The van der Waals surface area contributed by atoms with Crippen LogP contribution in [0, 0.1) is 0 Å². The highest BCUT2D eigenvalue weighted by Gasteiger charge is 2.59. The maximum absolute atomic E-state index is 12.8. The van der Waals surface area contributed by atoms with E-state index in [1.54, 1.807) is 0 Å². The molecule has 0 spiro atoms. The molecule has 26 nitrogen and oxygen atoms in total. The summed E-state index contributed by atoms with van der Waals surface area (Å²) >= 11 is 0. The van der Waals surface area contributed by atoms with Gasteiger partial charge in [0.15, 0.2) is 67.7 Å². The summed E-state index contributed by atoms with van der Waals surface area (Å²) in [6, 6.07) is 0. The average Bonchev–Trinajstić information content (AvgIpc) is 3.16. The fraction of sp³-hybridized carbons (Fsp3) is 0.744. The van der Waals surface area contributed by atoms with Crippen molar-refractivity contribution in [1.29, 1.82) is 0 Å². The molecule has 0 N–H and O–H groups in total. The molecule has 0 unspecified atom stereocenters. The molecule has 0 aromatic rings. The fourth-order valence-electron chi connectivity index (χ4n) is 6.97. The summed E-state index contributed by atoms with van der Waals surface area (Å²) in [7, 11) is 1.14. The first kappa shape index (κ1) is 53.8. The van der Waals surface area contributed by atoms with Crippen LogP contribution >= 0.6 is 0 Å². The summed E-state index contributed by atoms with van der Waals surface area (Å²) in [5.74, 6) is -9.15. The van der Waals surface area contributed by atoms with Gasteiger partial charge in [0.25, 0.3) is 0 Å². The topological polar surface area (TPSA) is 318 Å². The Morgan fingerprint density at radius 3 is 0.954 bits per heavy atom. The molecule has 3 aliphatic rings. The summed E-state index contributed by atoms with van der Waals surface area (Å²) in [6.45, 7) is 8.17. The van der Waals surface area contributed by atoms with Gasteiger partial charge in [-0.2, -0.15) is 0 Å². The zero-order chi connectivity index (χ0) is 48.9. The lowest BCUT2D eigenvalue weighted by Gasteiger charge is -2.49. The van der Waals surface area contributed by atoms with Crippen molar-refractivity contribution in [1.82, 2.24) is 0 Å². The van der Waals surface area contributed by atoms with Gasteiger partial charge in [0.05, 0.1) is 6.61 Å². The van der Waals surface area contributed by atoms with Gasteiger partial charge in [-0.3, -0.25) is 47.9 Å². The Labute approximate surface area is 371 Å². The van der Waals surface area contributed by atoms with Crippen LogP contribution in [0.1, 0.15) is 69.2 Å². The first-order valence-electron chi connectivity index (χ1n) is 19.8. The molecule has 0 aliphatic carbocycles. The average molecular weight is 939 g/mol. The first-order chi connectivity index (χ1) is 30.4. The molecule has 3 heterocycles. The molecule has 0 aromatic carbocycles. The van der Waals surface area contributed by atoms with Gasteiger partial charge in [-0.1, -0.05) is 0 Å². The van der Waals surface area contributed by atoms with Crippen LogP contribution in [0.15, 0.2) is 0 Å². The third kappa shape index (κ3) is 16.1. The second kappa shape index (κ2) is 24.7. The van der Waals surface area contributed by atoms with Gasteiger partial charge in [-0.15, -0.1) is 0 Å². The molecule has 0 radical (unpaired) electrons. The molecule has 3 aliphatic heterocycles. The van der Waals surface area contributed by atoms with E-state index in [0.29, 0.717) is 0 Å². The quantitative estimate of drug-likeness (QED) is 0.115. The molecule has 0 saturated carbocycles. The number of methoxy groups -OCH3 is 1. The van der Waals surface area contributed by atoms with Crippen LogP contribution < -0.4 is 0 Å². The van der Waals surface area contributed by atoms with E-state index in [2.05, 4.69) is 0 Å². The van der Waals surface area contributed by atoms with Crippen LogP contribution in [0.4, 0.5) is 0 Å². The number of esters is 10. The summed E-state index contributed by atoms with van der Waals surface area (Å²) in [5, 5.41) is 0. The predicted octanol–water partition coefficient (Wildman–Crippen LogP) is -1.21. The number of carbonyl (C=O) groups excluding carboxylic acids is 10. The lowest BCUT2D eigenvalue weighted by Crippen LogP contribution is -2.67. The monoisotopic (exact) mass is 938 g/mol. The molecule has 15 atom stereocenters. The molecule has 3 fully saturated rings. The van der Waals surface area contributed by atoms with Gasteiger partial charge >= 0.3 is 59.7 Å². The Hall–Kier alpha value is -5.54. The van der Waals surface area contributed by atoms with E-state index >= 15 is 0 Å². The number of hydrogen-bond acceptors (Lipinski definition) is 26. The van der Waals surface area contributed by atoms with Crippen molar-refractivity contribution >= 4 is 59.7 Å².